The summed E-state index contributed by atoms with van der Waals surface area (Å²) in [5.41, 5.74) is 0.794. The van der Waals surface area contributed by atoms with Gasteiger partial charge in [0.1, 0.15) is 11.9 Å². The Balaban J connectivity index is 2.04. The third kappa shape index (κ3) is 3.07. The lowest BCUT2D eigenvalue weighted by Crippen LogP contribution is -2.39. The van der Waals surface area contributed by atoms with Crippen molar-refractivity contribution in [2.45, 2.75) is 25.0 Å². The van der Waals surface area contributed by atoms with E-state index in [4.69, 9.17) is 23.7 Å². The number of benzene rings is 1. The van der Waals surface area contributed by atoms with Crippen LogP contribution in [0.15, 0.2) is 48.3 Å². The number of hydrogen-bond donors (Lipinski definition) is 0. The molecule has 0 amide bonds. The third-order valence-corrected chi connectivity index (χ3v) is 5.38. The quantitative estimate of drug-likeness (QED) is 0.665. The maximum Gasteiger partial charge on any atom is 0.203 e. The van der Waals surface area contributed by atoms with E-state index in [0.717, 1.165) is 11.1 Å². The number of allylic oxidation sites excluding steroid dienone is 1. The van der Waals surface area contributed by atoms with Gasteiger partial charge in [0, 0.05) is 36.7 Å². The molecule has 0 radical (unpaired) electrons. The minimum atomic E-state index is -1.03. The predicted molar refractivity (Wildman–Crippen MR) is 105 cm³/mol. The Labute approximate surface area is 165 Å². The van der Waals surface area contributed by atoms with E-state index in [2.05, 4.69) is 13.5 Å². The molecule has 6 heteroatoms. The normalized spacial score (nSPS) is 26.0. The molecule has 0 N–H and O–H groups in total. The van der Waals surface area contributed by atoms with Crippen LogP contribution in [-0.4, -0.2) is 39.8 Å². The molecule has 0 saturated carbocycles. The minimum absolute atomic E-state index is 0.00139. The van der Waals surface area contributed by atoms with Crippen LogP contribution in [0, 0.1) is 5.92 Å². The molecule has 6 nitrogen and oxygen atoms in total. The lowest BCUT2D eigenvalue weighted by molar-refractivity contribution is -0.130. The largest absolute Gasteiger partial charge is 0.493 e. The molecular weight excluding hydrogens is 360 g/mol. The molecule has 150 valence electrons. The highest BCUT2D eigenvalue weighted by Crippen LogP contribution is 2.50. The zero-order chi connectivity index (χ0) is 20.5. The maximum atomic E-state index is 12.7. The van der Waals surface area contributed by atoms with Crippen molar-refractivity contribution in [3.05, 3.63) is 53.8 Å². The van der Waals surface area contributed by atoms with Crippen LogP contribution >= 0.6 is 0 Å². The number of carbonyl (C=O) groups excluding carboxylic acids is 1. The standard InChI is InChI=1S/C22H26O6/c1-7-8-22(27-6)12-15-13(2)20(28-16(15)11-19(22)23)14-9-17(24-3)21(26-5)18(10-14)25-4/h7,9-13,20H,1,8H2,2-6H3/t13-,20-,22-/m0/s1. The topological polar surface area (TPSA) is 63.2 Å². The first kappa shape index (κ1) is 20.0. The zero-order valence-electron chi connectivity index (χ0n) is 16.9. The molecule has 0 unspecified atom stereocenters. The van der Waals surface area contributed by atoms with Gasteiger partial charge in [0.25, 0.3) is 0 Å². The SMILES string of the molecule is C=CC[C@]1(OC)C=C2C(=CC1=O)O[C@H](c1cc(OC)c(OC)c(OC)c1)[C@H]2C. The molecule has 1 heterocycles. The van der Waals surface area contributed by atoms with Gasteiger partial charge < -0.3 is 23.7 Å². The van der Waals surface area contributed by atoms with E-state index < -0.39 is 5.60 Å². The fourth-order valence-electron chi connectivity index (χ4n) is 3.82. The van der Waals surface area contributed by atoms with Gasteiger partial charge in [-0.1, -0.05) is 13.0 Å². The molecule has 1 aromatic carbocycles. The molecule has 3 rings (SSSR count). The van der Waals surface area contributed by atoms with Gasteiger partial charge in [0.2, 0.25) is 5.75 Å². The monoisotopic (exact) mass is 386 g/mol. The summed E-state index contributed by atoms with van der Waals surface area (Å²) in [6.07, 6.45) is 5.19. The molecule has 0 aromatic heterocycles. The summed E-state index contributed by atoms with van der Waals surface area (Å²) in [5.74, 6) is 2.06. The zero-order valence-corrected chi connectivity index (χ0v) is 16.9. The number of ketones is 1. The first-order chi connectivity index (χ1) is 13.4. The summed E-state index contributed by atoms with van der Waals surface area (Å²) >= 11 is 0. The highest BCUT2D eigenvalue weighted by Gasteiger charge is 2.45. The van der Waals surface area contributed by atoms with Crippen molar-refractivity contribution in [3.63, 3.8) is 0 Å². The molecular formula is C22H26O6. The van der Waals surface area contributed by atoms with E-state index in [1.807, 2.05) is 18.2 Å². The summed E-state index contributed by atoms with van der Waals surface area (Å²) in [4.78, 5) is 12.7. The third-order valence-electron chi connectivity index (χ3n) is 5.38. The Morgan fingerprint density at radius 3 is 2.29 bits per heavy atom. The molecule has 1 fully saturated rings. The Hall–Kier alpha value is -2.73. The lowest BCUT2D eigenvalue weighted by atomic mass is 9.82. The second kappa shape index (κ2) is 7.72. The van der Waals surface area contributed by atoms with Crippen molar-refractivity contribution in [2.75, 3.05) is 28.4 Å². The molecule has 2 aliphatic rings. The fraction of sp³-hybridized carbons (Fsp3) is 0.409. The van der Waals surface area contributed by atoms with Gasteiger partial charge in [0.15, 0.2) is 22.9 Å². The van der Waals surface area contributed by atoms with Crippen LogP contribution in [0.3, 0.4) is 0 Å². The molecule has 1 aliphatic heterocycles. The number of methoxy groups -OCH3 is 4. The summed E-state index contributed by atoms with van der Waals surface area (Å²) < 4.78 is 28.1. The Morgan fingerprint density at radius 1 is 1.14 bits per heavy atom. The van der Waals surface area contributed by atoms with Gasteiger partial charge in [-0.25, -0.2) is 0 Å². The lowest BCUT2D eigenvalue weighted by Gasteiger charge is -2.29. The summed E-state index contributed by atoms with van der Waals surface area (Å²) in [7, 11) is 6.25. The van der Waals surface area contributed by atoms with Gasteiger partial charge in [0.05, 0.1) is 21.3 Å². The van der Waals surface area contributed by atoms with Crippen molar-refractivity contribution in [2.24, 2.45) is 5.92 Å². The van der Waals surface area contributed by atoms with Crippen LogP contribution in [0.2, 0.25) is 0 Å². The van der Waals surface area contributed by atoms with Crippen molar-refractivity contribution in [1.29, 1.82) is 0 Å². The highest BCUT2D eigenvalue weighted by atomic mass is 16.5. The fourth-order valence-corrected chi connectivity index (χ4v) is 3.82. The van der Waals surface area contributed by atoms with Crippen LogP contribution in [0.5, 0.6) is 17.2 Å². The average Bonchev–Trinajstić information content (AvgIpc) is 3.02. The van der Waals surface area contributed by atoms with Crippen molar-refractivity contribution >= 4 is 5.78 Å². The average molecular weight is 386 g/mol. The smallest absolute Gasteiger partial charge is 0.203 e. The van der Waals surface area contributed by atoms with Gasteiger partial charge in [-0.05, 0) is 18.2 Å². The van der Waals surface area contributed by atoms with E-state index in [9.17, 15) is 4.79 Å². The van der Waals surface area contributed by atoms with E-state index >= 15 is 0 Å². The molecule has 28 heavy (non-hydrogen) atoms. The summed E-state index contributed by atoms with van der Waals surface area (Å²) in [6, 6.07) is 3.74. The highest BCUT2D eigenvalue weighted by molar-refractivity contribution is 6.01. The summed E-state index contributed by atoms with van der Waals surface area (Å²) in [5, 5.41) is 0. The van der Waals surface area contributed by atoms with Crippen LogP contribution in [0.1, 0.15) is 25.0 Å². The van der Waals surface area contributed by atoms with E-state index in [0.29, 0.717) is 29.4 Å². The molecule has 3 atom stereocenters. The Bertz CT molecular complexity index is 828. The second-order valence-electron chi connectivity index (χ2n) is 6.84. The summed E-state index contributed by atoms with van der Waals surface area (Å²) in [6.45, 7) is 5.81. The predicted octanol–water partition coefficient (Wildman–Crippen LogP) is 3.77. The van der Waals surface area contributed by atoms with Crippen molar-refractivity contribution in [3.8, 4) is 17.2 Å². The number of carbonyl (C=O) groups is 1. The minimum Gasteiger partial charge on any atom is -0.493 e. The van der Waals surface area contributed by atoms with Crippen LogP contribution in [-0.2, 0) is 14.3 Å². The van der Waals surface area contributed by atoms with Gasteiger partial charge in [-0.15, -0.1) is 6.58 Å². The van der Waals surface area contributed by atoms with E-state index in [-0.39, 0.29) is 17.8 Å². The molecule has 1 aliphatic carbocycles. The first-order valence-electron chi connectivity index (χ1n) is 9.06. The van der Waals surface area contributed by atoms with Gasteiger partial charge in [-0.2, -0.15) is 0 Å². The van der Waals surface area contributed by atoms with Gasteiger partial charge >= 0.3 is 0 Å². The number of fused-ring (bicyclic) bond motifs is 1. The second-order valence-corrected chi connectivity index (χ2v) is 6.84. The van der Waals surface area contributed by atoms with E-state index in [1.54, 1.807) is 27.4 Å². The number of rotatable bonds is 7. The van der Waals surface area contributed by atoms with Gasteiger partial charge in [-0.3, -0.25) is 4.79 Å². The Morgan fingerprint density at radius 2 is 1.79 bits per heavy atom. The number of hydrogen-bond acceptors (Lipinski definition) is 6. The van der Waals surface area contributed by atoms with Crippen molar-refractivity contribution < 1.29 is 28.5 Å². The van der Waals surface area contributed by atoms with E-state index in [1.165, 1.54) is 13.2 Å². The molecule has 0 bridgehead atoms. The molecule has 1 saturated heterocycles. The molecule has 0 spiro atoms. The van der Waals surface area contributed by atoms with Crippen LogP contribution < -0.4 is 14.2 Å². The Kier molecular flexibility index (Phi) is 5.52. The van der Waals surface area contributed by atoms with Crippen molar-refractivity contribution in [1.82, 2.24) is 0 Å². The molecule has 1 aromatic rings. The first-order valence-corrected chi connectivity index (χ1v) is 9.06. The maximum absolute atomic E-state index is 12.7. The van der Waals surface area contributed by atoms with Crippen LogP contribution in [0.4, 0.5) is 0 Å². The van der Waals surface area contributed by atoms with Crippen LogP contribution in [0.25, 0.3) is 0 Å². The number of ether oxygens (including phenoxy) is 5.